The molecule has 1 amide bonds. The van der Waals surface area contributed by atoms with Gasteiger partial charge < -0.3 is 4.74 Å². The summed E-state index contributed by atoms with van der Waals surface area (Å²) in [5, 5.41) is 0. The fourth-order valence-electron chi connectivity index (χ4n) is 3.14. The molecular formula is C22H19N3O3S2. The van der Waals surface area contributed by atoms with Gasteiger partial charge in [-0.2, -0.15) is 4.98 Å². The molecule has 1 saturated heterocycles. The van der Waals surface area contributed by atoms with Gasteiger partial charge in [-0.3, -0.25) is 18.9 Å². The average Bonchev–Trinajstić information content (AvgIpc) is 3.00. The molecule has 1 aliphatic heterocycles. The largest absolute Gasteiger partial charge is 0.438 e. The van der Waals surface area contributed by atoms with Crippen LogP contribution in [0.5, 0.6) is 11.6 Å². The first kappa shape index (κ1) is 20.3. The number of thiocarbonyl (C=S) groups is 1. The van der Waals surface area contributed by atoms with Gasteiger partial charge in [0.15, 0.2) is 0 Å². The molecule has 3 aromatic rings. The first-order valence-electron chi connectivity index (χ1n) is 9.50. The number of carbonyl (C=O) groups excluding carboxylic acids is 1. The predicted octanol–water partition coefficient (Wildman–Crippen LogP) is 4.41. The molecule has 1 aromatic carbocycles. The average molecular weight is 438 g/mol. The van der Waals surface area contributed by atoms with Crippen molar-refractivity contribution in [3.63, 3.8) is 0 Å². The monoisotopic (exact) mass is 437 g/mol. The van der Waals surface area contributed by atoms with Crippen molar-refractivity contribution in [3.8, 4) is 11.6 Å². The highest BCUT2D eigenvalue weighted by molar-refractivity contribution is 8.26. The molecule has 30 heavy (non-hydrogen) atoms. The molecule has 0 atom stereocenters. The summed E-state index contributed by atoms with van der Waals surface area (Å²) in [6, 6.07) is 12.8. The molecule has 0 saturated carbocycles. The van der Waals surface area contributed by atoms with E-state index in [1.54, 1.807) is 29.3 Å². The van der Waals surface area contributed by atoms with Crippen LogP contribution in [0.25, 0.3) is 11.7 Å². The van der Waals surface area contributed by atoms with E-state index < -0.39 is 0 Å². The van der Waals surface area contributed by atoms with Gasteiger partial charge in [-0.25, -0.2) is 0 Å². The molecule has 2 aromatic heterocycles. The quantitative estimate of drug-likeness (QED) is 0.435. The van der Waals surface area contributed by atoms with Crippen LogP contribution in [0.15, 0.2) is 58.4 Å². The van der Waals surface area contributed by atoms with E-state index in [4.69, 9.17) is 17.0 Å². The Labute approximate surface area is 183 Å². The Hall–Kier alpha value is -2.97. The van der Waals surface area contributed by atoms with Crippen molar-refractivity contribution in [3.05, 3.63) is 75.0 Å². The lowest BCUT2D eigenvalue weighted by Crippen LogP contribution is -2.28. The molecule has 4 rings (SSSR count). The van der Waals surface area contributed by atoms with Crippen molar-refractivity contribution in [1.29, 1.82) is 0 Å². The fourth-order valence-corrected chi connectivity index (χ4v) is 4.43. The first-order chi connectivity index (χ1) is 14.5. The number of pyridine rings is 1. The van der Waals surface area contributed by atoms with Gasteiger partial charge in [0, 0.05) is 12.7 Å². The van der Waals surface area contributed by atoms with Gasteiger partial charge in [0.25, 0.3) is 11.5 Å². The Balaban J connectivity index is 1.88. The minimum Gasteiger partial charge on any atom is -0.438 e. The van der Waals surface area contributed by atoms with E-state index in [9.17, 15) is 9.59 Å². The van der Waals surface area contributed by atoms with E-state index in [2.05, 4.69) is 4.98 Å². The van der Waals surface area contributed by atoms with Gasteiger partial charge in [-0.1, -0.05) is 55.2 Å². The molecule has 0 radical (unpaired) electrons. The Morgan fingerprint density at radius 2 is 1.93 bits per heavy atom. The summed E-state index contributed by atoms with van der Waals surface area (Å²) < 4.78 is 7.92. The Morgan fingerprint density at radius 1 is 1.17 bits per heavy atom. The number of rotatable bonds is 5. The number of aryl methyl sites for hydroxylation is 1. The molecule has 0 bridgehead atoms. The van der Waals surface area contributed by atoms with E-state index in [1.807, 2.05) is 38.1 Å². The van der Waals surface area contributed by atoms with Gasteiger partial charge in [-0.05, 0) is 43.2 Å². The summed E-state index contributed by atoms with van der Waals surface area (Å²) in [6.45, 7) is 4.41. The van der Waals surface area contributed by atoms with Crippen molar-refractivity contribution in [2.75, 3.05) is 6.54 Å². The van der Waals surface area contributed by atoms with Crippen LogP contribution in [-0.2, 0) is 4.79 Å². The molecular weight excluding hydrogens is 418 g/mol. The lowest BCUT2D eigenvalue weighted by Gasteiger charge is -2.12. The van der Waals surface area contributed by atoms with Crippen molar-refractivity contribution in [1.82, 2.24) is 14.3 Å². The summed E-state index contributed by atoms with van der Waals surface area (Å²) >= 11 is 6.52. The van der Waals surface area contributed by atoms with Crippen LogP contribution in [0, 0.1) is 6.92 Å². The maximum Gasteiger partial charge on any atom is 0.269 e. The van der Waals surface area contributed by atoms with Crippen molar-refractivity contribution < 1.29 is 9.53 Å². The molecule has 1 fully saturated rings. The SMILES string of the molecule is CCCN1C(=O)/C(=C/c2c(Oc3ccccc3)nc3c(C)cccn3c2=O)SC1=S. The highest BCUT2D eigenvalue weighted by Crippen LogP contribution is 2.34. The van der Waals surface area contributed by atoms with E-state index in [-0.39, 0.29) is 22.9 Å². The standard InChI is InChI=1S/C22H19N3O3S2/c1-3-11-25-21(27)17(30-22(25)29)13-16-19(28-15-9-5-4-6-10-15)23-18-14(2)8-7-12-24(18)20(16)26/h4-10,12-13H,3,11H2,1-2H3/b17-13-. The molecule has 1 aliphatic rings. The zero-order valence-corrected chi connectivity index (χ0v) is 18.1. The van der Waals surface area contributed by atoms with Crippen LogP contribution < -0.4 is 10.3 Å². The number of carbonyl (C=O) groups is 1. The normalized spacial score (nSPS) is 15.4. The van der Waals surface area contributed by atoms with Gasteiger partial charge in [0.2, 0.25) is 5.88 Å². The number of ether oxygens (including phenoxy) is 1. The Kier molecular flexibility index (Phi) is 5.69. The highest BCUT2D eigenvalue weighted by Gasteiger charge is 2.32. The second kappa shape index (κ2) is 8.41. The number of benzene rings is 1. The number of amides is 1. The van der Waals surface area contributed by atoms with E-state index in [0.29, 0.717) is 27.2 Å². The number of fused-ring (bicyclic) bond motifs is 1. The van der Waals surface area contributed by atoms with Crippen LogP contribution in [0.4, 0.5) is 0 Å². The summed E-state index contributed by atoms with van der Waals surface area (Å²) in [6.07, 6.45) is 3.99. The lowest BCUT2D eigenvalue weighted by molar-refractivity contribution is -0.122. The molecule has 6 nitrogen and oxygen atoms in total. The fraction of sp³-hybridized carbons (Fsp3) is 0.182. The van der Waals surface area contributed by atoms with Crippen LogP contribution >= 0.6 is 24.0 Å². The van der Waals surface area contributed by atoms with Crippen LogP contribution in [-0.4, -0.2) is 31.1 Å². The number of nitrogens with zero attached hydrogens (tertiary/aromatic N) is 3. The van der Waals surface area contributed by atoms with Crippen LogP contribution in [0.1, 0.15) is 24.5 Å². The third kappa shape index (κ3) is 3.76. The second-order valence-corrected chi connectivity index (χ2v) is 8.44. The topological polar surface area (TPSA) is 63.9 Å². The molecule has 0 spiro atoms. The minimum atomic E-state index is -0.310. The molecule has 0 N–H and O–H groups in total. The summed E-state index contributed by atoms with van der Waals surface area (Å²) in [5.74, 6) is 0.503. The highest BCUT2D eigenvalue weighted by atomic mass is 32.2. The second-order valence-electron chi connectivity index (χ2n) is 6.77. The number of aromatic nitrogens is 2. The Morgan fingerprint density at radius 3 is 2.67 bits per heavy atom. The van der Waals surface area contributed by atoms with Crippen molar-refractivity contribution in [2.24, 2.45) is 0 Å². The zero-order chi connectivity index (χ0) is 21.3. The summed E-state index contributed by atoms with van der Waals surface area (Å²) in [7, 11) is 0. The van der Waals surface area contributed by atoms with Crippen molar-refractivity contribution >= 4 is 45.9 Å². The van der Waals surface area contributed by atoms with Crippen LogP contribution in [0.2, 0.25) is 0 Å². The third-order valence-electron chi connectivity index (χ3n) is 4.60. The van der Waals surface area contributed by atoms with Gasteiger partial charge >= 0.3 is 0 Å². The van der Waals surface area contributed by atoms with Crippen LogP contribution in [0.3, 0.4) is 0 Å². The molecule has 0 aliphatic carbocycles. The minimum absolute atomic E-state index is 0.154. The van der Waals surface area contributed by atoms with Crippen molar-refractivity contribution in [2.45, 2.75) is 20.3 Å². The smallest absolute Gasteiger partial charge is 0.269 e. The van der Waals surface area contributed by atoms with E-state index in [1.165, 1.54) is 22.2 Å². The van der Waals surface area contributed by atoms with Gasteiger partial charge in [-0.15, -0.1) is 0 Å². The predicted molar refractivity (Wildman–Crippen MR) is 123 cm³/mol. The molecule has 8 heteroatoms. The molecule has 152 valence electrons. The Bertz CT molecular complexity index is 1240. The van der Waals surface area contributed by atoms with E-state index >= 15 is 0 Å². The number of hydrogen-bond acceptors (Lipinski definition) is 6. The number of para-hydroxylation sites is 1. The third-order valence-corrected chi connectivity index (χ3v) is 5.98. The molecule has 3 heterocycles. The lowest BCUT2D eigenvalue weighted by atomic mass is 10.2. The summed E-state index contributed by atoms with van der Waals surface area (Å²) in [5.41, 5.74) is 1.24. The first-order valence-corrected chi connectivity index (χ1v) is 10.7. The summed E-state index contributed by atoms with van der Waals surface area (Å²) in [4.78, 5) is 32.6. The van der Waals surface area contributed by atoms with E-state index in [0.717, 1.165) is 12.0 Å². The number of thioether (sulfide) groups is 1. The maximum absolute atomic E-state index is 13.3. The maximum atomic E-state index is 13.3. The molecule has 0 unspecified atom stereocenters. The zero-order valence-electron chi connectivity index (χ0n) is 16.5. The van der Waals surface area contributed by atoms with Gasteiger partial charge in [0.1, 0.15) is 21.3 Å². The van der Waals surface area contributed by atoms with Gasteiger partial charge in [0.05, 0.1) is 4.91 Å². The number of hydrogen-bond donors (Lipinski definition) is 0.